The highest BCUT2D eigenvalue weighted by Gasteiger charge is 2.53. The molecule has 0 radical (unpaired) electrons. The van der Waals surface area contributed by atoms with E-state index in [1.165, 1.54) is 66.8 Å². The van der Waals surface area contributed by atoms with E-state index in [0.717, 1.165) is 135 Å². The standard InChI is InChI=1S/C103H66N4O2/c1-101(2)81-32-13-9-28-75(81)79-53-49-74(58-89(79)101)94-62-92(66-44-40-64(41-45-66)71-50-54-87-97(59-71)108-95-38-19-17-36-85(95)102(87)82-33-14-10-29-76(82)77-30-11-15-34-83(77)102)105-100(107-94)68-46-42-63(43-47-68)70-48-52-80-78-31-12-16-35-84(78)103(90(80)57-70)86-37-18-20-39-96(86)109-98-60-72(51-55-88(98)103)69-26-21-27-73(56-69)93-61-91(65-22-5-3-6-23-65)104-99(106-93)67-24-7-4-8-25-67/h3-62H,1-2H3. The molecule has 2 aromatic heterocycles. The second-order valence-corrected chi connectivity index (χ2v) is 29.8. The van der Waals surface area contributed by atoms with E-state index in [9.17, 15) is 0 Å². The molecule has 0 amide bonds. The van der Waals surface area contributed by atoms with Crippen molar-refractivity contribution < 1.29 is 9.47 Å². The molecule has 0 saturated heterocycles. The maximum atomic E-state index is 7.13. The number of ether oxygens (including phenoxy) is 2. The number of hydrogen-bond acceptors (Lipinski definition) is 6. The third-order valence-electron chi connectivity index (χ3n) is 23.7. The number of hydrogen-bond donors (Lipinski definition) is 0. The van der Waals surface area contributed by atoms with Crippen molar-refractivity contribution in [3.05, 3.63) is 420 Å². The van der Waals surface area contributed by atoms with Gasteiger partial charge in [-0.2, -0.15) is 0 Å². The molecule has 0 saturated carbocycles. The quantitative estimate of drug-likeness (QED) is 0.143. The summed E-state index contributed by atoms with van der Waals surface area (Å²) in [6, 6.07) is 131. The van der Waals surface area contributed by atoms with Crippen LogP contribution in [0.3, 0.4) is 0 Å². The van der Waals surface area contributed by atoms with Gasteiger partial charge in [-0.3, -0.25) is 0 Å². The minimum Gasteiger partial charge on any atom is -0.457 e. The Balaban J connectivity index is 0.624. The predicted octanol–water partition coefficient (Wildman–Crippen LogP) is 25.5. The minimum atomic E-state index is -0.699. The molecule has 5 aliphatic rings. The number of nitrogens with zero attached hydrogens (tertiary/aromatic N) is 4. The fourth-order valence-corrected chi connectivity index (χ4v) is 18.6. The van der Waals surface area contributed by atoms with Crippen molar-refractivity contribution in [1.29, 1.82) is 0 Å². The van der Waals surface area contributed by atoms with Crippen LogP contribution in [0.1, 0.15) is 69.5 Å². The number of benzene rings is 15. The van der Waals surface area contributed by atoms with Crippen LogP contribution in [0.2, 0.25) is 0 Å². The summed E-state index contributed by atoms with van der Waals surface area (Å²) in [4.78, 5) is 21.3. The SMILES string of the molecule is CC1(C)c2ccccc2-c2ccc(-c3cc(-c4ccc(-c5ccc6c(c5)Oc5ccccc5C65c6ccccc6-c6ccccc65)cc4)nc(-c4ccc(-c5ccc6c(c5)C5(c7ccccc7Oc7cc(-c8cccc(-c9cc(-c%10ccccc%10)nc(-c%10ccccc%10)n9)c8)ccc75)c5ccccc5-6)cc4)n3)cc21. The summed E-state index contributed by atoms with van der Waals surface area (Å²) in [5, 5.41) is 0. The average molecular weight is 1390 g/mol. The van der Waals surface area contributed by atoms with E-state index in [4.69, 9.17) is 29.4 Å². The summed E-state index contributed by atoms with van der Waals surface area (Å²) in [6.45, 7) is 4.67. The third-order valence-corrected chi connectivity index (χ3v) is 23.7. The Morgan fingerprint density at radius 3 is 1.03 bits per heavy atom. The van der Waals surface area contributed by atoms with Gasteiger partial charge in [0, 0.05) is 61.0 Å². The number of aromatic nitrogens is 4. The van der Waals surface area contributed by atoms with Crippen LogP contribution >= 0.6 is 0 Å². The first kappa shape index (κ1) is 62.4. The Hall–Kier alpha value is -13.9. The smallest absolute Gasteiger partial charge is 0.160 e. The lowest BCUT2D eigenvalue weighted by Gasteiger charge is -2.39. The summed E-state index contributed by atoms with van der Waals surface area (Å²) < 4.78 is 14.1. The average Bonchev–Trinajstić information content (AvgIpc) is 1.54. The highest BCUT2D eigenvalue weighted by atomic mass is 16.5. The molecule has 2 spiro atoms. The van der Waals surface area contributed by atoms with Crippen LogP contribution in [0.5, 0.6) is 23.0 Å². The van der Waals surface area contributed by atoms with Crippen molar-refractivity contribution in [1.82, 2.24) is 19.9 Å². The van der Waals surface area contributed by atoms with Crippen LogP contribution in [0.15, 0.2) is 364 Å². The number of para-hydroxylation sites is 2. The maximum absolute atomic E-state index is 7.13. The molecule has 2 aliphatic heterocycles. The zero-order valence-corrected chi connectivity index (χ0v) is 59.7. The Labute approximate surface area is 632 Å². The van der Waals surface area contributed by atoms with Crippen LogP contribution in [-0.2, 0) is 16.2 Å². The van der Waals surface area contributed by atoms with Crippen molar-refractivity contribution in [2.75, 3.05) is 0 Å². The number of rotatable bonds is 9. The lowest BCUT2D eigenvalue weighted by Crippen LogP contribution is -2.32. The van der Waals surface area contributed by atoms with E-state index in [2.05, 4.69) is 354 Å². The third kappa shape index (κ3) is 9.47. The normalized spacial score (nSPS) is 14.8. The molecule has 109 heavy (non-hydrogen) atoms. The van der Waals surface area contributed by atoms with Gasteiger partial charge in [-0.25, -0.2) is 19.9 Å². The predicted molar refractivity (Wildman–Crippen MR) is 439 cm³/mol. The molecular formula is C103H66N4O2. The number of fused-ring (bicyclic) bond motifs is 21. The summed E-state index contributed by atoms with van der Waals surface area (Å²) in [5.74, 6) is 4.71. The maximum Gasteiger partial charge on any atom is 0.160 e. The monoisotopic (exact) mass is 1390 g/mol. The highest BCUT2D eigenvalue weighted by Crippen LogP contribution is 2.65. The van der Waals surface area contributed by atoms with Gasteiger partial charge in [0.15, 0.2) is 11.6 Å². The van der Waals surface area contributed by atoms with Gasteiger partial charge in [0.05, 0.1) is 33.6 Å². The van der Waals surface area contributed by atoms with Crippen molar-refractivity contribution in [2.45, 2.75) is 30.1 Å². The second-order valence-electron chi connectivity index (χ2n) is 29.8. The lowest BCUT2D eigenvalue weighted by atomic mass is 9.65. The van der Waals surface area contributed by atoms with E-state index in [1.54, 1.807) is 0 Å². The van der Waals surface area contributed by atoms with Gasteiger partial charge in [0.2, 0.25) is 0 Å². The van der Waals surface area contributed by atoms with Gasteiger partial charge < -0.3 is 9.47 Å². The molecule has 22 rings (SSSR count). The minimum absolute atomic E-state index is 0.192. The zero-order chi connectivity index (χ0) is 72.1. The first-order valence-corrected chi connectivity index (χ1v) is 37.5. The summed E-state index contributed by atoms with van der Waals surface area (Å²) in [6.07, 6.45) is 0. The van der Waals surface area contributed by atoms with E-state index in [-0.39, 0.29) is 5.41 Å². The summed E-state index contributed by atoms with van der Waals surface area (Å²) in [7, 11) is 0. The molecule has 15 aromatic carbocycles. The van der Waals surface area contributed by atoms with Gasteiger partial charge in [-0.05, 0) is 155 Å². The molecular weight excluding hydrogens is 1330 g/mol. The van der Waals surface area contributed by atoms with Crippen LogP contribution < -0.4 is 9.47 Å². The van der Waals surface area contributed by atoms with Crippen LogP contribution in [-0.4, -0.2) is 19.9 Å². The Bertz CT molecular complexity index is 6540. The molecule has 3 aliphatic carbocycles. The largest absolute Gasteiger partial charge is 0.457 e. The Kier molecular flexibility index (Phi) is 13.8. The van der Waals surface area contributed by atoms with Gasteiger partial charge in [0.1, 0.15) is 23.0 Å². The van der Waals surface area contributed by atoms with E-state index in [1.807, 2.05) is 24.3 Å². The van der Waals surface area contributed by atoms with Crippen molar-refractivity contribution in [3.8, 4) is 158 Å². The topological polar surface area (TPSA) is 70.0 Å². The highest BCUT2D eigenvalue weighted by molar-refractivity contribution is 5.93. The molecule has 0 N–H and O–H groups in total. The molecule has 4 heterocycles. The first-order valence-electron chi connectivity index (χ1n) is 37.5. The molecule has 1 unspecified atom stereocenters. The van der Waals surface area contributed by atoms with Crippen LogP contribution in [0.25, 0.3) is 135 Å². The summed E-state index contributed by atoms with van der Waals surface area (Å²) in [5.41, 5.74) is 34.0. The van der Waals surface area contributed by atoms with E-state index >= 15 is 0 Å². The summed E-state index contributed by atoms with van der Waals surface area (Å²) >= 11 is 0. The molecule has 0 bridgehead atoms. The van der Waals surface area contributed by atoms with Gasteiger partial charge in [0.25, 0.3) is 0 Å². The van der Waals surface area contributed by atoms with Crippen molar-refractivity contribution in [3.63, 3.8) is 0 Å². The molecule has 17 aromatic rings. The van der Waals surface area contributed by atoms with E-state index < -0.39 is 10.8 Å². The van der Waals surface area contributed by atoms with Crippen LogP contribution in [0.4, 0.5) is 0 Å². The second kappa shape index (κ2) is 24.0. The lowest BCUT2D eigenvalue weighted by molar-refractivity contribution is 0.436. The zero-order valence-electron chi connectivity index (χ0n) is 59.7. The molecule has 0 fully saturated rings. The molecule has 6 nitrogen and oxygen atoms in total. The van der Waals surface area contributed by atoms with Crippen LogP contribution in [0, 0.1) is 0 Å². The molecule has 6 heteroatoms. The first-order chi connectivity index (χ1) is 53.7. The molecule has 1 atom stereocenters. The Morgan fingerprint density at radius 1 is 0.183 bits per heavy atom. The fraction of sp³-hybridized carbons (Fsp3) is 0.0485. The van der Waals surface area contributed by atoms with Gasteiger partial charge in [-0.1, -0.05) is 323 Å². The van der Waals surface area contributed by atoms with Crippen molar-refractivity contribution >= 4 is 0 Å². The Morgan fingerprint density at radius 2 is 0.486 bits per heavy atom. The molecule has 510 valence electrons. The van der Waals surface area contributed by atoms with Gasteiger partial charge >= 0.3 is 0 Å². The fourth-order valence-electron chi connectivity index (χ4n) is 18.6. The van der Waals surface area contributed by atoms with E-state index in [0.29, 0.717) is 11.6 Å². The van der Waals surface area contributed by atoms with Crippen molar-refractivity contribution in [2.24, 2.45) is 0 Å². The van der Waals surface area contributed by atoms with Gasteiger partial charge in [-0.15, -0.1) is 0 Å².